The van der Waals surface area contributed by atoms with Gasteiger partial charge in [-0.1, -0.05) is 18.2 Å². The Morgan fingerprint density at radius 1 is 1.71 bits per heavy atom. The molecule has 0 bridgehead atoms. The van der Waals surface area contributed by atoms with Crippen molar-refractivity contribution in [2.24, 2.45) is 0 Å². The first-order chi connectivity index (χ1) is 3.06. The largest absolute Gasteiger partial charge is 0.307 e. The van der Waals surface area contributed by atoms with E-state index in [1.54, 1.807) is 6.66 Å². The quantitative estimate of drug-likeness (QED) is 0.539. The van der Waals surface area contributed by atoms with E-state index in [-0.39, 0.29) is 0 Å². The van der Waals surface area contributed by atoms with E-state index in [1.807, 2.05) is 6.92 Å². The van der Waals surface area contributed by atoms with Crippen molar-refractivity contribution in [3.63, 3.8) is 0 Å². The lowest BCUT2D eigenvalue weighted by Crippen LogP contribution is -1.74. The molecule has 0 fully saturated rings. The lowest BCUT2D eigenvalue weighted by Gasteiger charge is -1.96. The summed E-state index contributed by atoms with van der Waals surface area (Å²) in [6.07, 6.45) is 1.58. The van der Waals surface area contributed by atoms with Crippen molar-refractivity contribution in [3.8, 4) is 0 Å². The topological polar surface area (TPSA) is 17.1 Å². The predicted octanol–water partition coefficient (Wildman–Crippen LogP) is 2.54. The molecule has 0 amide bonds. The molecule has 3 heteroatoms. The Labute approximate surface area is 49.2 Å². The van der Waals surface area contributed by atoms with Crippen molar-refractivity contribution in [1.29, 1.82) is 0 Å². The van der Waals surface area contributed by atoms with E-state index < -0.39 is 6.49 Å². The maximum atomic E-state index is 10.6. The fourth-order valence-electron chi connectivity index (χ4n) is 0.399. The van der Waals surface area contributed by atoms with E-state index in [9.17, 15) is 4.57 Å². The number of halogens is 1. The van der Waals surface area contributed by atoms with Crippen LogP contribution in [0.15, 0.2) is 0 Å². The van der Waals surface area contributed by atoms with Gasteiger partial charge < -0.3 is 4.57 Å². The first kappa shape index (κ1) is 7.52. The molecule has 0 aliphatic rings. The summed E-state index contributed by atoms with van der Waals surface area (Å²) in [5.41, 5.74) is 0. The minimum atomic E-state index is -2.19. The van der Waals surface area contributed by atoms with Crippen LogP contribution in [0.2, 0.25) is 0 Å². The molecular formula is C4H10ClOP. The first-order valence-electron chi connectivity index (χ1n) is 2.32. The van der Waals surface area contributed by atoms with Gasteiger partial charge in [0.1, 0.15) is 0 Å². The fourth-order valence-corrected chi connectivity index (χ4v) is 1.71. The van der Waals surface area contributed by atoms with Gasteiger partial charge in [-0.25, -0.2) is 0 Å². The van der Waals surface area contributed by atoms with Gasteiger partial charge in [0.15, 0.2) is 6.49 Å². The number of hydrogen-bond donors (Lipinski definition) is 0. The van der Waals surface area contributed by atoms with E-state index in [2.05, 4.69) is 0 Å². The smallest absolute Gasteiger partial charge is 0.166 e. The van der Waals surface area contributed by atoms with Crippen LogP contribution < -0.4 is 0 Å². The highest BCUT2D eigenvalue weighted by Crippen LogP contribution is 2.46. The molecule has 0 radical (unpaired) electrons. The van der Waals surface area contributed by atoms with Gasteiger partial charge in [-0.3, -0.25) is 0 Å². The Kier molecular flexibility index (Phi) is 2.94. The minimum absolute atomic E-state index is 0.661. The number of hydrogen-bond acceptors (Lipinski definition) is 1. The SMILES string of the molecule is CCCP(C)(=O)Cl. The molecule has 1 atom stereocenters. The van der Waals surface area contributed by atoms with Crippen molar-refractivity contribution in [2.75, 3.05) is 12.8 Å². The minimum Gasteiger partial charge on any atom is -0.307 e. The molecule has 0 aliphatic heterocycles. The summed E-state index contributed by atoms with van der Waals surface area (Å²) >= 11 is 5.39. The summed E-state index contributed by atoms with van der Waals surface area (Å²) in [5, 5.41) is 0. The summed E-state index contributed by atoms with van der Waals surface area (Å²) in [4.78, 5) is 0. The van der Waals surface area contributed by atoms with E-state index in [1.165, 1.54) is 0 Å². The van der Waals surface area contributed by atoms with Crippen LogP contribution in [0.1, 0.15) is 13.3 Å². The average molecular weight is 141 g/mol. The molecule has 0 aromatic carbocycles. The van der Waals surface area contributed by atoms with Crippen molar-refractivity contribution in [1.82, 2.24) is 0 Å². The highest BCUT2D eigenvalue weighted by molar-refractivity contribution is 7.88. The number of rotatable bonds is 2. The van der Waals surface area contributed by atoms with E-state index in [0.717, 1.165) is 6.42 Å². The highest BCUT2D eigenvalue weighted by atomic mass is 35.7. The second-order valence-corrected chi connectivity index (χ2v) is 6.27. The molecule has 7 heavy (non-hydrogen) atoms. The molecule has 0 saturated heterocycles. The summed E-state index contributed by atoms with van der Waals surface area (Å²) in [7, 11) is 0. The maximum Gasteiger partial charge on any atom is 0.166 e. The van der Waals surface area contributed by atoms with Gasteiger partial charge >= 0.3 is 0 Å². The molecule has 0 aliphatic carbocycles. The molecule has 0 N–H and O–H groups in total. The van der Waals surface area contributed by atoms with Crippen LogP contribution in [0.3, 0.4) is 0 Å². The molecule has 1 nitrogen and oxygen atoms in total. The van der Waals surface area contributed by atoms with Crippen molar-refractivity contribution in [3.05, 3.63) is 0 Å². The summed E-state index contributed by atoms with van der Waals surface area (Å²) in [6, 6.07) is 0. The van der Waals surface area contributed by atoms with Gasteiger partial charge in [-0.05, 0) is 6.42 Å². The van der Waals surface area contributed by atoms with Crippen molar-refractivity contribution >= 4 is 17.7 Å². The van der Waals surface area contributed by atoms with Gasteiger partial charge in [0.25, 0.3) is 0 Å². The van der Waals surface area contributed by atoms with Crippen LogP contribution in [0, 0.1) is 0 Å². The van der Waals surface area contributed by atoms with Gasteiger partial charge in [0, 0.05) is 12.8 Å². The zero-order chi connectivity index (χ0) is 5.91. The fraction of sp³-hybridized carbons (Fsp3) is 1.00. The molecule has 0 saturated carbocycles. The predicted molar refractivity (Wildman–Crippen MR) is 34.5 cm³/mol. The van der Waals surface area contributed by atoms with Gasteiger partial charge in [-0.2, -0.15) is 0 Å². The molecular weight excluding hydrogens is 130 g/mol. The van der Waals surface area contributed by atoms with Gasteiger partial charge in [0.05, 0.1) is 0 Å². The Morgan fingerprint density at radius 2 is 2.14 bits per heavy atom. The Bertz CT molecular complexity index is 85.7. The van der Waals surface area contributed by atoms with Gasteiger partial charge in [-0.15, -0.1) is 0 Å². The third-order valence-electron chi connectivity index (χ3n) is 0.623. The lowest BCUT2D eigenvalue weighted by atomic mass is 10.6. The second kappa shape index (κ2) is 2.74. The van der Waals surface area contributed by atoms with E-state index in [0.29, 0.717) is 6.16 Å². The summed E-state index contributed by atoms with van der Waals surface area (Å²) < 4.78 is 10.6. The lowest BCUT2D eigenvalue weighted by molar-refractivity contribution is 0.587. The monoisotopic (exact) mass is 140 g/mol. The third kappa shape index (κ3) is 6.52. The molecule has 0 heterocycles. The average Bonchev–Trinajstić information content (AvgIpc) is 1.30. The third-order valence-corrected chi connectivity index (χ3v) is 2.38. The summed E-state index contributed by atoms with van der Waals surface area (Å²) in [5.74, 6) is 0. The van der Waals surface area contributed by atoms with E-state index >= 15 is 0 Å². The maximum absolute atomic E-state index is 10.6. The normalized spacial score (nSPS) is 18.7. The molecule has 0 spiro atoms. The Hall–Kier alpha value is 0.520. The standard InChI is InChI=1S/C4H10ClOP/c1-3-4-7(2,5)6/h3-4H2,1-2H3. The van der Waals surface area contributed by atoms with Gasteiger partial charge in [0.2, 0.25) is 0 Å². The Morgan fingerprint density at radius 3 is 2.14 bits per heavy atom. The summed E-state index contributed by atoms with van der Waals surface area (Å²) in [6.45, 7) is 1.37. The van der Waals surface area contributed by atoms with Crippen LogP contribution in [0.5, 0.6) is 0 Å². The molecule has 44 valence electrons. The van der Waals surface area contributed by atoms with Crippen molar-refractivity contribution in [2.45, 2.75) is 13.3 Å². The molecule has 0 rings (SSSR count). The molecule has 0 aromatic rings. The highest BCUT2D eigenvalue weighted by Gasteiger charge is 2.05. The Balaban J connectivity index is 3.36. The van der Waals surface area contributed by atoms with Crippen LogP contribution in [-0.4, -0.2) is 12.8 Å². The van der Waals surface area contributed by atoms with Crippen LogP contribution in [0.25, 0.3) is 0 Å². The first-order valence-corrected chi connectivity index (χ1v) is 5.57. The van der Waals surface area contributed by atoms with E-state index in [4.69, 9.17) is 11.2 Å². The second-order valence-electron chi connectivity index (χ2n) is 1.71. The van der Waals surface area contributed by atoms with Crippen LogP contribution in [0.4, 0.5) is 0 Å². The zero-order valence-corrected chi connectivity index (χ0v) is 6.30. The molecule has 1 unspecified atom stereocenters. The van der Waals surface area contributed by atoms with Crippen molar-refractivity contribution < 1.29 is 4.57 Å². The van der Waals surface area contributed by atoms with Crippen LogP contribution >= 0.6 is 17.7 Å². The zero-order valence-electron chi connectivity index (χ0n) is 4.65. The molecule has 0 aromatic heterocycles. The van der Waals surface area contributed by atoms with Crippen LogP contribution in [-0.2, 0) is 4.57 Å².